The van der Waals surface area contributed by atoms with Crippen LogP contribution in [0.3, 0.4) is 0 Å². The maximum atomic E-state index is 12.4. The molecule has 0 bridgehead atoms. The lowest BCUT2D eigenvalue weighted by Gasteiger charge is -2.26. The van der Waals surface area contributed by atoms with Crippen LogP contribution in [0.1, 0.15) is 26.2 Å². The predicted octanol–water partition coefficient (Wildman–Crippen LogP) is 1.46. The highest BCUT2D eigenvalue weighted by molar-refractivity contribution is 6.33. The molecular weight excluding hydrogens is 280 g/mol. The van der Waals surface area contributed by atoms with Crippen LogP contribution in [0.25, 0.3) is 11.2 Å². The van der Waals surface area contributed by atoms with Gasteiger partial charge in [0.15, 0.2) is 10.8 Å². The van der Waals surface area contributed by atoms with Gasteiger partial charge in [-0.3, -0.25) is 10.1 Å². The summed E-state index contributed by atoms with van der Waals surface area (Å²) in [6.45, 7) is 1.87. The van der Waals surface area contributed by atoms with Gasteiger partial charge in [-0.15, -0.1) is 0 Å². The number of carbonyl (C=O) groups is 1. The van der Waals surface area contributed by atoms with Crippen molar-refractivity contribution in [3.8, 4) is 0 Å². The molecule has 1 aliphatic rings. The number of nitrogens with two attached hydrogens (primary N) is 1. The first-order valence-electron chi connectivity index (χ1n) is 6.44. The molecule has 1 aliphatic carbocycles. The highest BCUT2D eigenvalue weighted by atomic mass is 35.5. The Labute approximate surface area is 120 Å². The number of nitrogens with one attached hydrogen (secondary N) is 2. The number of anilines is 1. The summed E-state index contributed by atoms with van der Waals surface area (Å²) in [6.07, 6.45) is 4.04. The number of carbonyl (C=O) groups excluding carboxylic acids is 1. The molecule has 2 aromatic heterocycles. The van der Waals surface area contributed by atoms with E-state index in [1.54, 1.807) is 0 Å². The van der Waals surface area contributed by atoms with Gasteiger partial charge in [0.25, 0.3) is 0 Å². The number of H-pyrrole nitrogens is 1. The number of hydrogen-bond donors (Lipinski definition) is 3. The average Bonchev–Trinajstić information content (AvgIpc) is 2.98. The Morgan fingerprint density at radius 1 is 1.60 bits per heavy atom. The van der Waals surface area contributed by atoms with Crippen LogP contribution < -0.4 is 11.1 Å². The molecule has 20 heavy (non-hydrogen) atoms. The van der Waals surface area contributed by atoms with Gasteiger partial charge in [0.2, 0.25) is 11.9 Å². The number of nitrogens with zero attached hydrogens (tertiary/aromatic N) is 3. The highest BCUT2D eigenvalue weighted by Gasteiger charge is 2.43. The summed E-state index contributed by atoms with van der Waals surface area (Å²) >= 11 is 6.01. The van der Waals surface area contributed by atoms with E-state index < -0.39 is 5.41 Å². The van der Waals surface area contributed by atoms with Crippen LogP contribution in [0, 0.1) is 5.41 Å². The van der Waals surface area contributed by atoms with E-state index in [2.05, 4.69) is 25.3 Å². The molecule has 0 aromatic carbocycles. The fraction of sp³-hybridized carbons (Fsp3) is 0.500. The number of aromatic amines is 1. The number of imidazole rings is 1. The minimum absolute atomic E-state index is 0.146. The Kier molecular flexibility index (Phi) is 3.10. The van der Waals surface area contributed by atoms with Gasteiger partial charge in [-0.1, -0.05) is 18.0 Å². The minimum atomic E-state index is -0.587. The van der Waals surface area contributed by atoms with E-state index in [0.29, 0.717) is 11.2 Å². The van der Waals surface area contributed by atoms with Crippen molar-refractivity contribution in [2.24, 2.45) is 11.1 Å². The molecule has 0 aliphatic heterocycles. The molecule has 0 radical (unpaired) electrons. The Balaban J connectivity index is 1.87. The first-order valence-corrected chi connectivity index (χ1v) is 6.82. The highest BCUT2D eigenvalue weighted by Crippen LogP contribution is 2.37. The molecule has 0 spiro atoms. The van der Waals surface area contributed by atoms with Gasteiger partial charge in [0.05, 0.1) is 11.7 Å². The molecular formula is C12H15ClN6O. The van der Waals surface area contributed by atoms with E-state index in [-0.39, 0.29) is 23.1 Å². The lowest BCUT2D eigenvalue weighted by Crippen LogP contribution is -2.44. The van der Waals surface area contributed by atoms with Gasteiger partial charge in [0.1, 0.15) is 5.52 Å². The van der Waals surface area contributed by atoms with E-state index in [0.717, 1.165) is 19.3 Å². The fourth-order valence-electron chi connectivity index (χ4n) is 2.57. The molecule has 4 N–H and O–H groups in total. The zero-order valence-electron chi connectivity index (χ0n) is 11.0. The molecule has 2 aromatic rings. The lowest BCUT2D eigenvalue weighted by atomic mass is 9.84. The summed E-state index contributed by atoms with van der Waals surface area (Å²) < 4.78 is 0. The van der Waals surface area contributed by atoms with Crippen molar-refractivity contribution in [3.05, 3.63) is 11.5 Å². The first kappa shape index (κ1) is 13.3. The van der Waals surface area contributed by atoms with Gasteiger partial charge >= 0.3 is 0 Å². The smallest absolute Gasteiger partial charge is 0.234 e. The molecule has 7 nitrogen and oxygen atoms in total. The van der Waals surface area contributed by atoms with Gasteiger partial charge in [-0.25, -0.2) is 4.98 Å². The Hall–Kier alpha value is -1.73. The standard InChI is InChI=1S/C12H15ClN6O/c1-12(4-2-3-6(12)14)10(20)19-11-17-8(13)7-9(18-11)16-5-15-7/h5-6H,2-4,14H2,1H3,(H2,15,16,17,18,19,20). The van der Waals surface area contributed by atoms with Crippen LogP contribution in [0.5, 0.6) is 0 Å². The van der Waals surface area contributed by atoms with Crippen LogP contribution >= 0.6 is 11.6 Å². The van der Waals surface area contributed by atoms with Crippen LogP contribution in [-0.4, -0.2) is 31.9 Å². The number of fused-ring (bicyclic) bond motifs is 1. The van der Waals surface area contributed by atoms with Crippen LogP contribution in [0.2, 0.25) is 5.15 Å². The largest absolute Gasteiger partial charge is 0.341 e. The van der Waals surface area contributed by atoms with Gasteiger partial charge in [-0.2, -0.15) is 9.97 Å². The summed E-state index contributed by atoms with van der Waals surface area (Å²) in [4.78, 5) is 27.4. The zero-order valence-corrected chi connectivity index (χ0v) is 11.7. The third kappa shape index (κ3) is 2.03. The van der Waals surface area contributed by atoms with Crippen molar-refractivity contribution in [1.82, 2.24) is 19.9 Å². The quantitative estimate of drug-likeness (QED) is 0.726. The maximum absolute atomic E-state index is 12.4. The van der Waals surface area contributed by atoms with Gasteiger partial charge in [0, 0.05) is 6.04 Å². The lowest BCUT2D eigenvalue weighted by molar-refractivity contribution is -0.125. The number of halogens is 1. The second-order valence-electron chi connectivity index (χ2n) is 5.31. The third-order valence-electron chi connectivity index (χ3n) is 4.02. The number of hydrogen-bond acceptors (Lipinski definition) is 5. The molecule has 106 valence electrons. The molecule has 8 heteroatoms. The van der Waals surface area contributed by atoms with Crippen LogP contribution in [-0.2, 0) is 4.79 Å². The van der Waals surface area contributed by atoms with Crippen molar-refractivity contribution in [1.29, 1.82) is 0 Å². The number of rotatable bonds is 2. The summed E-state index contributed by atoms with van der Waals surface area (Å²) in [6, 6.07) is -0.146. The summed E-state index contributed by atoms with van der Waals surface area (Å²) in [5, 5.41) is 2.92. The zero-order chi connectivity index (χ0) is 14.3. The SMILES string of the molecule is CC1(C(=O)Nc2nc(Cl)c3[nH]cnc3n2)CCCC1N. The number of aromatic nitrogens is 4. The molecule has 3 rings (SSSR count). The molecule has 0 saturated heterocycles. The molecule has 2 unspecified atom stereocenters. The van der Waals surface area contributed by atoms with Crippen molar-refractivity contribution in [2.45, 2.75) is 32.2 Å². The normalized spacial score (nSPS) is 26.1. The van der Waals surface area contributed by atoms with E-state index in [4.69, 9.17) is 17.3 Å². The predicted molar refractivity (Wildman–Crippen MR) is 75.3 cm³/mol. The van der Waals surface area contributed by atoms with Crippen LogP contribution in [0.4, 0.5) is 5.95 Å². The Bertz CT molecular complexity index is 671. The molecule has 1 amide bonds. The van der Waals surface area contributed by atoms with E-state index in [9.17, 15) is 4.79 Å². The van der Waals surface area contributed by atoms with Gasteiger partial charge < -0.3 is 10.7 Å². The molecule has 1 fully saturated rings. The van der Waals surface area contributed by atoms with Crippen LogP contribution in [0.15, 0.2) is 6.33 Å². The van der Waals surface area contributed by atoms with Crippen molar-refractivity contribution in [3.63, 3.8) is 0 Å². The summed E-state index contributed by atoms with van der Waals surface area (Å²) in [7, 11) is 0. The average molecular weight is 295 g/mol. The van der Waals surface area contributed by atoms with Crippen molar-refractivity contribution >= 4 is 34.6 Å². The second-order valence-corrected chi connectivity index (χ2v) is 5.67. The monoisotopic (exact) mass is 294 g/mol. The third-order valence-corrected chi connectivity index (χ3v) is 4.29. The van der Waals surface area contributed by atoms with Crippen molar-refractivity contribution < 1.29 is 4.79 Å². The topological polar surface area (TPSA) is 110 Å². The molecule has 1 saturated carbocycles. The molecule has 2 atom stereocenters. The van der Waals surface area contributed by atoms with Gasteiger partial charge in [-0.05, 0) is 19.8 Å². The van der Waals surface area contributed by atoms with E-state index >= 15 is 0 Å². The Morgan fingerprint density at radius 3 is 3.10 bits per heavy atom. The summed E-state index contributed by atoms with van der Waals surface area (Å²) in [5.74, 6) is -0.0200. The van der Waals surface area contributed by atoms with E-state index in [1.807, 2.05) is 6.92 Å². The number of amides is 1. The van der Waals surface area contributed by atoms with Crippen molar-refractivity contribution in [2.75, 3.05) is 5.32 Å². The maximum Gasteiger partial charge on any atom is 0.234 e. The minimum Gasteiger partial charge on any atom is -0.341 e. The van der Waals surface area contributed by atoms with E-state index in [1.165, 1.54) is 6.33 Å². The molecule has 2 heterocycles. The first-order chi connectivity index (χ1) is 9.50. The fourth-order valence-corrected chi connectivity index (χ4v) is 2.79. The second kappa shape index (κ2) is 4.68. The Morgan fingerprint density at radius 2 is 2.40 bits per heavy atom. The summed E-state index contributed by atoms with van der Waals surface area (Å²) in [5.41, 5.74) is 6.41.